The highest BCUT2D eigenvalue weighted by Gasteiger charge is 2.06. The summed E-state index contributed by atoms with van der Waals surface area (Å²) in [6.45, 7) is 4.89. The van der Waals surface area contributed by atoms with Gasteiger partial charge in [-0.2, -0.15) is 0 Å². The van der Waals surface area contributed by atoms with E-state index in [2.05, 4.69) is 9.82 Å². The number of rotatable bonds is 5. The van der Waals surface area contributed by atoms with Crippen molar-refractivity contribution in [2.75, 3.05) is 0 Å². The maximum atomic E-state index is 5.82. The highest BCUT2D eigenvalue weighted by atomic mass is 32.1. The molecule has 1 heterocycles. The zero-order valence-electron chi connectivity index (χ0n) is 10.5. The number of thiazole rings is 1. The van der Waals surface area contributed by atoms with E-state index in [-0.39, 0.29) is 0 Å². The van der Waals surface area contributed by atoms with Gasteiger partial charge in [0.25, 0.3) is 0 Å². The topological polar surface area (TPSA) is 57.4 Å². The molecule has 0 saturated carbocycles. The second kappa shape index (κ2) is 5.95. The van der Waals surface area contributed by atoms with Crippen molar-refractivity contribution in [1.29, 1.82) is 0 Å². The third kappa shape index (κ3) is 3.07. The van der Waals surface area contributed by atoms with Crippen LogP contribution in [0.2, 0.25) is 0 Å². The van der Waals surface area contributed by atoms with Crippen molar-refractivity contribution < 1.29 is 9.57 Å². The first-order chi connectivity index (χ1) is 8.70. The molecule has 0 amide bonds. The number of aromatic nitrogens is 1. The number of hydrogen-bond acceptors (Lipinski definition) is 5. The molecule has 2 N–H and O–H groups in total. The van der Waals surface area contributed by atoms with Gasteiger partial charge < -0.3 is 4.74 Å². The SMILES string of the molecule is Cc1cccc(C)c1OCc1nc(CON)cs1. The molecule has 1 aromatic carbocycles. The van der Waals surface area contributed by atoms with Crippen LogP contribution in [0, 0.1) is 13.8 Å². The molecule has 96 valence electrons. The minimum atomic E-state index is 0.333. The molecule has 0 saturated heterocycles. The third-order valence-electron chi connectivity index (χ3n) is 2.58. The summed E-state index contributed by atoms with van der Waals surface area (Å²) in [5.41, 5.74) is 3.11. The molecule has 2 aromatic rings. The molecule has 0 spiro atoms. The molecule has 5 heteroatoms. The molecule has 0 radical (unpaired) electrons. The maximum absolute atomic E-state index is 5.82. The number of nitrogens with two attached hydrogens (primary N) is 1. The lowest BCUT2D eigenvalue weighted by Gasteiger charge is -2.10. The standard InChI is InChI=1S/C13H16N2O2S/c1-9-4-3-5-10(2)13(9)16-7-12-15-11(6-17-14)8-18-12/h3-5,8H,6-7,14H2,1-2H3. The highest BCUT2D eigenvalue weighted by molar-refractivity contribution is 7.09. The molecular formula is C13H16N2O2S. The fraction of sp³-hybridized carbons (Fsp3) is 0.308. The summed E-state index contributed by atoms with van der Waals surface area (Å²) >= 11 is 1.55. The van der Waals surface area contributed by atoms with Crippen LogP contribution in [-0.4, -0.2) is 4.98 Å². The second-order valence-electron chi connectivity index (χ2n) is 4.05. The summed E-state index contributed by atoms with van der Waals surface area (Å²) < 4.78 is 5.82. The summed E-state index contributed by atoms with van der Waals surface area (Å²) in [7, 11) is 0. The number of ether oxygens (including phenoxy) is 1. The lowest BCUT2D eigenvalue weighted by atomic mass is 10.1. The van der Waals surface area contributed by atoms with Gasteiger partial charge in [-0.15, -0.1) is 11.3 Å². The van der Waals surface area contributed by atoms with Crippen molar-refractivity contribution in [3.8, 4) is 5.75 Å². The van der Waals surface area contributed by atoms with Gasteiger partial charge in [0.05, 0.1) is 5.69 Å². The summed E-state index contributed by atoms with van der Waals surface area (Å²) in [5.74, 6) is 5.94. The fourth-order valence-corrected chi connectivity index (χ4v) is 2.42. The van der Waals surface area contributed by atoms with E-state index in [0.29, 0.717) is 13.2 Å². The first-order valence-corrected chi connectivity index (χ1v) is 6.52. The predicted molar refractivity (Wildman–Crippen MR) is 71.3 cm³/mol. The minimum absolute atomic E-state index is 0.333. The molecule has 0 fully saturated rings. The third-order valence-corrected chi connectivity index (χ3v) is 3.45. The van der Waals surface area contributed by atoms with Crippen LogP contribution < -0.4 is 10.6 Å². The Morgan fingerprint density at radius 3 is 2.61 bits per heavy atom. The molecule has 0 bridgehead atoms. The predicted octanol–water partition coefficient (Wildman–Crippen LogP) is 2.73. The smallest absolute Gasteiger partial charge is 0.140 e. The molecule has 0 aliphatic heterocycles. The summed E-state index contributed by atoms with van der Waals surface area (Å²) in [4.78, 5) is 8.91. The molecule has 0 unspecified atom stereocenters. The van der Waals surface area contributed by atoms with Gasteiger partial charge in [0.1, 0.15) is 24.0 Å². The molecule has 18 heavy (non-hydrogen) atoms. The number of nitrogens with zero attached hydrogens (tertiary/aromatic N) is 1. The average molecular weight is 264 g/mol. The average Bonchev–Trinajstić information content (AvgIpc) is 2.77. The molecule has 4 nitrogen and oxygen atoms in total. The van der Waals surface area contributed by atoms with Gasteiger partial charge in [0.15, 0.2) is 0 Å². The molecule has 0 atom stereocenters. The largest absolute Gasteiger partial charge is 0.486 e. The van der Waals surface area contributed by atoms with Crippen LogP contribution in [0.25, 0.3) is 0 Å². The van der Waals surface area contributed by atoms with E-state index >= 15 is 0 Å². The fourth-order valence-electron chi connectivity index (χ4n) is 1.73. The molecule has 0 aliphatic carbocycles. The number of hydrogen-bond donors (Lipinski definition) is 1. The minimum Gasteiger partial charge on any atom is -0.486 e. The summed E-state index contributed by atoms with van der Waals surface area (Å²) in [6, 6.07) is 6.10. The zero-order valence-corrected chi connectivity index (χ0v) is 11.3. The van der Waals surface area contributed by atoms with Crippen molar-refractivity contribution in [1.82, 2.24) is 4.98 Å². The summed E-state index contributed by atoms with van der Waals surface area (Å²) in [6.07, 6.45) is 0. The van der Waals surface area contributed by atoms with Gasteiger partial charge in [-0.25, -0.2) is 10.9 Å². The Hall–Kier alpha value is -1.43. The lowest BCUT2D eigenvalue weighted by molar-refractivity contribution is 0.121. The first-order valence-electron chi connectivity index (χ1n) is 5.64. The maximum Gasteiger partial charge on any atom is 0.140 e. The van der Waals surface area contributed by atoms with Crippen molar-refractivity contribution in [2.24, 2.45) is 5.90 Å². The Morgan fingerprint density at radius 1 is 1.22 bits per heavy atom. The number of para-hydroxylation sites is 1. The van der Waals surface area contributed by atoms with Gasteiger partial charge in [-0.1, -0.05) is 18.2 Å². The molecule has 1 aromatic heterocycles. The quantitative estimate of drug-likeness (QED) is 0.844. The Bertz CT molecular complexity index is 505. The van der Waals surface area contributed by atoms with E-state index in [1.54, 1.807) is 11.3 Å². The van der Waals surface area contributed by atoms with E-state index in [0.717, 1.165) is 27.6 Å². The van der Waals surface area contributed by atoms with E-state index in [1.807, 2.05) is 37.4 Å². The van der Waals surface area contributed by atoms with Crippen LogP contribution in [0.1, 0.15) is 21.8 Å². The van der Waals surface area contributed by atoms with E-state index in [1.165, 1.54) is 0 Å². The number of aryl methyl sites for hydroxylation is 2. The Kier molecular flexibility index (Phi) is 4.30. The van der Waals surface area contributed by atoms with Crippen molar-refractivity contribution in [2.45, 2.75) is 27.1 Å². The molecular weight excluding hydrogens is 248 g/mol. The van der Waals surface area contributed by atoms with Crippen LogP contribution in [0.15, 0.2) is 23.6 Å². The van der Waals surface area contributed by atoms with Crippen molar-refractivity contribution in [3.05, 3.63) is 45.4 Å². The monoisotopic (exact) mass is 264 g/mol. The van der Waals surface area contributed by atoms with E-state index in [4.69, 9.17) is 10.6 Å². The number of benzene rings is 1. The van der Waals surface area contributed by atoms with Crippen LogP contribution in [0.5, 0.6) is 5.75 Å². The van der Waals surface area contributed by atoms with Gasteiger partial charge in [-0.05, 0) is 25.0 Å². The second-order valence-corrected chi connectivity index (χ2v) is 5.00. The Balaban J connectivity index is 2.02. The van der Waals surface area contributed by atoms with E-state index in [9.17, 15) is 0 Å². The van der Waals surface area contributed by atoms with Gasteiger partial charge in [0.2, 0.25) is 0 Å². The van der Waals surface area contributed by atoms with Crippen LogP contribution >= 0.6 is 11.3 Å². The Morgan fingerprint density at radius 2 is 1.94 bits per heavy atom. The first kappa shape index (κ1) is 13.0. The molecule has 2 rings (SSSR count). The van der Waals surface area contributed by atoms with Gasteiger partial charge in [0, 0.05) is 5.38 Å². The van der Waals surface area contributed by atoms with Crippen LogP contribution in [0.3, 0.4) is 0 Å². The molecule has 0 aliphatic rings. The van der Waals surface area contributed by atoms with Crippen molar-refractivity contribution >= 4 is 11.3 Å². The Labute approximate surface area is 110 Å². The van der Waals surface area contributed by atoms with E-state index < -0.39 is 0 Å². The summed E-state index contributed by atoms with van der Waals surface area (Å²) in [5, 5.41) is 2.85. The normalized spacial score (nSPS) is 10.6. The van der Waals surface area contributed by atoms with Crippen molar-refractivity contribution in [3.63, 3.8) is 0 Å². The van der Waals surface area contributed by atoms with Crippen LogP contribution in [-0.2, 0) is 18.1 Å². The highest BCUT2D eigenvalue weighted by Crippen LogP contribution is 2.24. The zero-order chi connectivity index (χ0) is 13.0. The lowest BCUT2D eigenvalue weighted by Crippen LogP contribution is -2.01. The van der Waals surface area contributed by atoms with Gasteiger partial charge >= 0.3 is 0 Å². The van der Waals surface area contributed by atoms with Crippen LogP contribution in [0.4, 0.5) is 0 Å². The van der Waals surface area contributed by atoms with Gasteiger partial charge in [-0.3, -0.25) is 4.84 Å².